The normalized spacial score (nSPS) is 12.0. The Balaban J connectivity index is 0. The summed E-state index contributed by atoms with van der Waals surface area (Å²) in [5.74, 6) is -1.66. The summed E-state index contributed by atoms with van der Waals surface area (Å²) in [6.45, 7) is 1.21. The van der Waals surface area contributed by atoms with Crippen LogP contribution in [0.1, 0.15) is 6.92 Å². The van der Waals surface area contributed by atoms with Crippen LogP contribution in [0.3, 0.4) is 0 Å². The molecule has 0 rings (SSSR count). The van der Waals surface area contributed by atoms with Gasteiger partial charge in [0.25, 0.3) is 0 Å². The van der Waals surface area contributed by atoms with Crippen LogP contribution in [0.5, 0.6) is 0 Å². The van der Waals surface area contributed by atoms with Crippen molar-refractivity contribution < 1.29 is 22.9 Å². The second-order valence-corrected chi connectivity index (χ2v) is 2.82. The maximum atomic E-state index is 10.1. The van der Waals surface area contributed by atoms with E-state index in [2.05, 4.69) is 0 Å². The Morgan fingerprint density at radius 3 is 1.82 bits per heavy atom. The molecule has 0 aliphatic heterocycles. The molecular weight excluding hydrogens is 183 g/mol. The van der Waals surface area contributed by atoms with Crippen molar-refractivity contribution in [1.29, 1.82) is 0 Å². The third-order valence-corrected chi connectivity index (χ3v) is 1.72. The van der Waals surface area contributed by atoms with E-state index in [4.69, 9.17) is 9.66 Å². The van der Waals surface area contributed by atoms with Gasteiger partial charge in [-0.1, -0.05) is 6.08 Å². The molecule has 0 aromatic heterocycles. The predicted molar refractivity (Wildman–Crippen MR) is 40.1 cm³/mol. The molecule has 7 heteroatoms. The molecule has 0 amide bonds. The molecule has 0 heterocycles. The number of allylic oxidation sites excluding steroid dienone is 1. The van der Waals surface area contributed by atoms with Crippen LogP contribution < -0.4 is 0 Å². The number of rotatable bonds is 2. The summed E-state index contributed by atoms with van der Waals surface area (Å²) in [5.41, 5.74) is 0. The maximum absolute atomic E-state index is 10.1. The molecule has 60 valence electrons. The molecular formula is C4H7NaO5S. The van der Waals surface area contributed by atoms with Crippen LogP contribution in [0.25, 0.3) is 0 Å². The van der Waals surface area contributed by atoms with E-state index in [0.29, 0.717) is 0 Å². The van der Waals surface area contributed by atoms with Gasteiger partial charge >= 0.3 is 45.6 Å². The average Bonchev–Trinajstić information content (AvgIpc) is 1.60. The van der Waals surface area contributed by atoms with Crippen LogP contribution in [0.2, 0.25) is 0 Å². The molecule has 0 atom stereocenters. The van der Waals surface area contributed by atoms with Gasteiger partial charge in [0.1, 0.15) is 0 Å². The van der Waals surface area contributed by atoms with Gasteiger partial charge in [0, 0.05) is 0 Å². The number of hydrogen-bond acceptors (Lipinski definition) is 3. The Kier molecular flexibility index (Phi) is 6.09. The zero-order valence-corrected chi connectivity index (χ0v) is 5.92. The first-order valence-corrected chi connectivity index (χ1v) is 3.70. The second-order valence-electron chi connectivity index (χ2n) is 1.43. The minimum atomic E-state index is -4.55. The Hall–Kier alpha value is 0.120. The van der Waals surface area contributed by atoms with E-state index in [-0.39, 0.29) is 29.6 Å². The fourth-order valence-electron chi connectivity index (χ4n) is 0.383. The first-order valence-electron chi connectivity index (χ1n) is 2.26. The van der Waals surface area contributed by atoms with Gasteiger partial charge in [0.15, 0.2) is 4.91 Å². The summed E-state index contributed by atoms with van der Waals surface area (Å²) in [4.78, 5) is 8.96. The van der Waals surface area contributed by atoms with Gasteiger partial charge in [-0.2, -0.15) is 8.42 Å². The first kappa shape index (κ1) is 13.7. The van der Waals surface area contributed by atoms with Crippen molar-refractivity contribution in [3.8, 4) is 0 Å². The van der Waals surface area contributed by atoms with Crippen molar-refractivity contribution >= 4 is 45.6 Å². The zero-order chi connectivity index (χ0) is 8.36. The van der Waals surface area contributed by atoms with Crippen molar-refractivity contribution in [2.75, 3.05) is 0 Å². The van der Waals surface area contributed by atoms with Crippen molar-refractivity contribution in [2.45, 2.75) is 6.92 Å². The van der Waals surface area contributed by atoms with E-state index in [1.165, 1.54) is 6.92 Å². The molecule has 0 aromatic carbocycles. The van der Waals surface area contributed by atoms with Gasteiger partial charge < -0.3 is 5.11 Å². The summed E-state index contributed by atoms with van der Waals surface area (Å²) in [6, 6.07) is 0. The Morgan fingerprint density at radius 2 is 1.82 bits per heavy atom. The van der Waals surface area contributed by atoms with Gasteiger partial charge in [0.05, 0.1) is 0 Å². The van der Waals surface area contributed by atoms with E-state index >= 15 is 0 Å². The fraction of sp³-hybridized carbons (Fsp3) is 0.250. The number of carboxylic acids is 1. The number of aliphatic carboxylic acids is 1. The van der Waals surface area contributed by atoms with E-state index < -0.39 is 21.0 Å². The van der Waals surface area contributed by atoms with E-state index in [1.54, 1.807) is 0 Å². The van der Waals surface area contributed by atoms with E-state index in [0.717, 1.165) is 6.08 Å². The van der Waals surface area contributed by atoms with Crippen molar-refractivity contribution in [3.05, 3.63) is 11.0 Å². The molecule has 5 nitrogen and oxygen atoms in total. The van der Waals surface area contributed by atoms with Crippen molar-refractivity contribution in [2.24, 2.45) is 0 Å². The number of carboxylic acid groups (broad SMARTS) is 1. The van der Waals surface area contributed by atoms with Gasteiger partial charge in [0.2, 0.25) is 0 Å². The number of hydrogen-bond donors (Lipinski definition) is 2. The molecule has 0 saturated carbocycles. The molecule has 11 heavy (non-hydrogen) atoms. The quantitative estimate of drug-likeness (QED) is 0.338. The molecule has 0 radical (unpaired) electrons. The standard InChI is InChI=1S/C4H6O5S.Na.H/c1-2-3(4(5)6)10(7,8)9;;/h2H,1H3,(H,5,6)(H,7,8,9);;. The summed E-state index contributed by atoms with van der Waals surface area (Å²) >= 11 is 0. The van der Waals surface area contributed by atoms with Gasteiger partial charge in [-0.15, -0.1) is 0 Å². The van der Waals surface area contributed by atoms with Crippen LogP contribution >= 0.6 is 0 Å². The first-order chi connectivity index (χ1) is 4.39. The topological polar surface area (TPSA) is 91.7 Å². The molecule has 0 aliphatic carbocycles. The van der Waals surface area contributed by atoms with Crippen LogP contribution in [0, 0.1) is 0 Å². The average molecular weight is 190 g/mol. The third-order valence-electron chi connectivity index (χ3n) is 0.751. The summed E-state index contributed by atoms with van der Waals surface area (Å²) in [5, 5.41) is 8.10. The van der Waals surface area contributed by atoms with Gasteiger partial charge in [-0.25, -0.2) is 4.79 Å². The molecule has 0 aromatic rings. The Bertz CT molecular complexity index is 264. The SMILES string of the molecule is CC=C(C(=O)O)S(=O)(=O)O.[NaH]. The fourth-order valence-corrected chi connectivity index (χ4v) is 0.901. The number of carbonyl (C=O) groups is 1. The zero-order valence-electron chi connectivity index (χ0n) is 5.10. The molecule has 0 saturated heterocycles. The molecule has 0 spiro atoms. The van der Waals surface area contributed by atoms with Crippen LogP contribution in [0.4, 0.5) is 0 Å². The third kappa shape index (κ3) is 4.54. The van der Waals surface area contributed by atoms with E-state index in [1.807, 2.05) is 0 Å². The van der Waals surface area contributed by atoms with Crippen LogP contribution in [0.15, 0.2) is 11.0 Å². The monoisotopic (exact) mass is 190 g/mol. The van der Waals surface area contributed by atoms with E-state index in [9.17, 15) is 13.2 Å². The molecule has 0 bridgehead atoms. The molecule has 0 aliphatic rings. The Morgan fingerprint density at radius 1 is 1.45 bits per heavy atom. The molecule has 2 N–H and O–H groups in total. The summed E-state index contributed by atoms with van der Waals surface area (Å²) in [7, 11) is -4.55. The van der Waals surface area contributed by atoms with Gasteiger partial charge in [-0.3, -0.25) is 4.55 Å². The minimum absolute atomic E-state index is 0. The van der Waals surface area contributed by atoms with Crippen molar-refractivity contribution in [3.63, 3.8) is 0 Å². The predicted octanol–water partition coefficient (Wildman–Crippen LogP) is -0.786. The van der Waals surface area contributed by atoms with Gasteiger partial charge in [-0.05, 0) is 6.92 Å². The summed E-state index contributed by atoms with van der Waals surface area (Å²) < 4.78 is 28.4. The van der Waals surface area contributed by atoms with Crippen LogP contribution in [-0.2, 0) is 14.9 Å². The second kappa shape index (κ2) is 4.89. The molecule has 0 fully saturated rings. The summed E-state index contributed by atoms with van der Waals surface area (Å²) in [6.07, 6.45) is 0.803. The Labute approximate surface area is 86.1 Å². The van der Waals surface area contributed by atoms with Crippen LogP contribution in [-0.4, -0.2) is 53.6 Å². The molecule has 0 unspecified atom stereocenters. The van der Waals surface area contributed by atoms with Crippen molar-refractivity contribution in [1.82, 2.24) is 0 Å².